The lowest BCUT2D eigenvalue weighted by molar-refractivity contribution is -0.0403. The van der Waals surface area contributed by atoms with Crippen LogP contribution in [0.4, 0.5) is 0 Å². The van der Waals surface area contributed by atoms with Crippen molar-refractivity contribution in [3.05, 3.63) is 18.0 Å². The van der Waals surface area contributed by atoms with E-state index in [1.165, 1.54) is 0 Å². The van der Waals surface area contributed by atoms with Crippen LogP contribution < -0.4 is 5.73 Å². The zero-order valence-electron chi connectivity index (χ0n) is 10.0. The average Bonchev–Trinajstić information content (AvgIpc) is 2.67. The van der Waals surface area contributed by atoms with Gasteiger partial charge in [0.05, 0.1) is 17.3 Å². The van der Waals surface area contributed by atoms with Gasteiger partial charge in [0.25, 0.3) is 0 Å². The van der Waals surface area contributed by atoms with Crippen molar-refractivity contribution in [1.29, 1.82) is 0 Å². The third-order valence-electron chi connectivity index (χ3n) is 3.35. The first-order valence-electron chi connectivity index (χ1n) is 5.40. The van der Waals surface area contributed by atoms with Crippen molar-refractivity contribution in [1.82, 2.24) is 9.78 Å². The molecule has 1 aromatic heterocycles. The second kappa shape index (κ2) is 4.77. The SMILES string of the molecule is CCC(CC)(OC)C(N)c1ccnn1C. The number of nitrogens with two attached hydrogens (primary N) is 1. The molecule has 1 heterocycles. The van der Waals surface area contributed by atoms with E-state index in [2.05, 4.69) is 18.9 Å². The van der Waals surface area contributed by atoms with Gasteiger partial charge in [-0.3, -0.25) is 4.68 Å². The average molecular weight is 211 g/mol. The summed E-state index contributed by atoms with van der Waals surface area (Å²) in [5.41, 5.74) is 7.00. The molecule has 4 nitrogen and oxygen atoms in total. The Kier molecular flexibility index (Phi) is 3.88. The number of hydrogen-bond donors (Lipinski definition) is 1. The second-order valence-electron chi connectivity index (χ2n) is 3.83. The normalized spacial score (nSPS) is 14.2. The molecule has 86 valence electrons. The number of hydrogen-bond acceptors (Lipinski definition) is 3. The molecule has 0 spiro atoms. The third kappa shape index (κ3) is 2.06. The fourth-order valence-corrected chi connectivity index (χ4v) is 2.06. The van der Waals surface area contributed by atoms with Gasteiger partial charge in [0.1, 0.15) is 0 Å². The molecule has 0 amide bonds. The molecule has 15 heavy (non-hydrogen) atoms. The second-order valence-corrected chi connectivity index (χ2v) is 3.83. The molecule has 2 N–H and O–H groups in total. The smallest absolute Gasteiger partial charge is 0.0880 e. The van der Waals surface area contributed by atoms with Crippen LogP contribution in [0.3, 0.4) is 0 Å². The van der Waals surface area contributed by atoms with Gasteiger partial charge >= 0.3 is 0 Å². The highest BCUT2D eigenvalue weighted by atomic mass is 16.5. The Hall–Kier alpha value is -0.870. The standard InChI is InChI=1S/C11H21N3O/c1-5-11(6-2,15-4)10(12)9-7-8-13-14(9)3/h7-8,10H,5-6,12H2,1-4H3. The summed E-state index contributed by atoms with van der Waals surface area (Å²) in [5.74, 6) is 0. The molecule has 1 unspecified atom stereocenters. The van der Waals surface area contributed by atoms with Crippen molar-refractivity contribution in [3.63, 3.8) is 0 Å². The number of aromatic nitrogens is 2. The van der Waals surface area contributed by atoms with Gasteiger partial charge in [-0.25, -0.2) is 0 Å². The van der Waals surface area contributed by atoms with Gasteiger partial charge in [-0.1, -0.05) is 13.8 Å². The van der Waals surface area contributed by atoms with Gasteiger partial charge < -0.3 is 10.5 Å². The van der Waals surface area contributed by atoms with Gasteiger partial charge in [-0.2, -0.15) is 5.10 Å². The lowest BCUT2D eigenvalue weighted by atomic mass is 9.87. The maximum atomic E-state index is 6.27. The summed E-state index contributed by atoms with van der Waals surface area (Å²) in [6, 6.07) is 1.81. The van der Waals surface area contributed by atoms with Crippen LogP contribution in [0.2, 0.25) is 0 Å². The van der Waals surface area contributed by atoms with Gasteiger partial charge in [-0.05, 0) is 18.9 Å². The van der Waals surface area contributed by atoms with Crippen LogP contribution in [0.5, 0.6) is 0 Å². The van der Waals surface area contributed by atoms with E-state index in [9.17, 15) is 0 Å². The summed E-state index contributed by atoms with van der Waals surface area (Å²) < 4.78 is 7.42. The maximum absolute atomic E-state index is 6.27. The summed E-state index contributed by atoms with van der Waals surface area (Å²) in [4.78, 5) is 0. The molecule has 1 rings (SSSR count). The van der Waals surface area contributed by atoms with Crippen molar-refractivity contribution >= 4 is 0 Å². The first-order chi connectivity index (χ1) is 7.11. The van der Waals surface area contributed by atoms with Gasteiger partial charge in [-0.15, -0.1) is 0 Å². The monoisotopic (exact) mass is 211 g/mol. The van der Waals surface area contributed by atoms with Crippen LogP contribution in [-0.2, 0) is 11.8 Å². The van der Waals surface area contributed by atoms with Gasteiger partial charge in [0, 0.05) is 20.4 Å². The lowest BCUT2D eigenvalue weighted by Gasteiger charge is -2.36. The molecule has 0 bridgehead atoms. The molecule has 0 saturated heterocycles. The Morgan fingerprint density at radius 3 is 2.47 bits per heavy atom. The first-order valence-corrected chi connectivity index (χ1v) is 5.40. The molecule has 0 aliphatic heterocycles. The van der Waals surface area contributed by atoms with Crippen LogP contribution in [0.25, 0.3) is 0 Å². The number of methoxy groups -OCH3 is 1. The van der Waals surface area contributed by atoms with Crippen molar-refractivity contribution in [2.24, 2.45) is 12.8 Å². The van der Waals surface area contributed by atoms with E-state index in [0.717, 1.165) is 18.5 Å². The Morgan fingerprint density at radius 2 is 2.13 bits per heavy atom. The van der Waals surface area contributed by atoms with E-state index in [-0.39, 0.29) is 11.6 Å². The Morgan fingerprint density at radius 1 is 1.53 bits per heavy atom. The topological polar surface area (TPSA) is 53.1 Å². The highest BCUT2D eigenvalue weighted by Crippen LogP contribution is 2.32. The molecule has 0 aromatic carbocycles. The molecule has 0 radical (unpaired) electrons. The summed E-state index contributed by atoms with van der Waals surface area (Å²) in [7, 11) is 3.63. The summed E-state index contributed by atoms with van der Waals surface area (Å²) >= 11 is 0. The van der Waals surface area contributed by atoms with E-state index in [1.807, 2.05) is 17.8 Å². The molecule has 0 aliphatic carbocycles. The summed E-state index contributed by atoms with van der Waals surface area (Å²) in [5, 5.41) is 4.14. The van der Waals surface area contributed by atoms with E-state index < -0.39 is 0 Å². The lowest BCUT2D eigenvalue weighted by Crippen LogP contribution is -2.42. The minimum Gasteiger partial charge on any atom is -0.376 e. The van der Waals surface area contributed by atoms with E-state index in [0.29, 0.717) is 0 Å². The number of rotatable bonds is 5. The highest BCUT2D eigenvalue weighted by molar-refractivity contribution is 5.12. The zero-order chi connectivity index (χ0) is 11.5. The maximum Gasteiger partial charge on any atom is 0.0880 e. The molecule has 1 atom stereocenters. The van der Waals surface area contributed by atoms with Crippen molar-refractivity contribution in [2.45, 2.75) is 38.3 Å². The van der Waals surface area contributed by atoms with Crippen LogP contribution in [0, 0.1) is 0 Å². The predicted octanol–water partition coefficient (Wildman–Crippen LogP) is 1.63. The Balaban J connectivity index is 3.00. The molecular weight excluding hydrogens is 190 g/mol. The van der Waals surface area contributed by atoms with E-state index in [1.54, 1.807) is 13.3 Å². The van der Waals surface area contributed by atoms with Gasteiger partial charge in [0.2, 0.25) is 0 Å². The van der Waals surface area contributed by atoms with E-state index in [4.69, 9.17) is 10.5 Å². The van der Waals surface area contributed by atoms with Crippen molar-refractivity contribution in [3.8, 4) is 0 Å². The van der Waals surface area contributed by atoms with Crippen LogP contribution in [-0.4, -0.2) is 22.5 Å². The van der Waals surface area contributed by atoms with Crippen molar-refractivity contribution in [2.75, 3.05) is 7.11 Å². The number of aryl methyl sites for hydroxylation is 1. The molecule has 0 saturated carbocycles. The fraction of sp³-hybridized carbons (Fsp3) is 0.727. The minimum absolute atomic E-state index is 0.134. The summed E-state index contributed by atoms with van der Waals surface area (Å²) in [6.07, 6.45) is 3.56. The van der Waals surface area contributed by atoms with Crippen LogP contribution >= 0.6 is 0 Å². The van der Waals surface area contributed by atoms with Crippen molar-refractivity contribution < 1.29 is 4.74 Å². The summed E-state index contributed by atoms with van der Waals surface area (Å²) in [6.45, 7) is 4.20. The minimum atomic E-state index is -0.284. The number of ether oxygens (including phenoxy) is 1. The molecule has 1 aromatic rings. The molecule has 0 fully saturated rings. The highest BCUT2D eigenvalue weighted by Gasteiger charge is 2.35. The van der Waals surface area contributed by atoms with Gasteiger partial charge in [0.15, 0.2) is 0 Å². The largest absolute Gasteiger partial charge is 0.376 e. The predicted molar refractivity (Wildman–Crippen MR) is 60.5 cm³/mol. The molecule has 0 aliphatic rings. The van der Waals surface area contributed by atoms with E-state index >= 15 is 0 Å². The number of nitrogens with zero attached hydrogens (tertiary/aromatic N) is 2. The first kappa shape index (κ1) is 12.2. The molecular formula is C11H21N3O. The Bertz CT molecular complexity index is 296. The zero-order valence-corrected chi connectivity index (χ0v) is 10.0. The fourth-order valence-electron chi connectivity index (χ4n) is 2.06. The molecule has 4 heteroatoms. The van der Waals surface area contributed by atoms with Crippen LogP contribution in [0.15, 0.2) is 12.3 Å². The third-order valence-corrected chi connectivity index (χ3v) is 3.35. The van der Waals surface area contributed by atoms with Crippen LogP contribution in [0.1, 0.15) is 38.4 Å². The Labute approximate surface area is 91.4 Å². The quantitative estimate of drug-likeness (QED) is 0.805.